The molecule has 2 aromatic heterocycles. The van der Waals surface area contributed by atoms with Crippen LogP contribution >= 0.6 is 11.3 Å². The summed E-state index contributed by atoms with van der Waals surface area (Å²) in [5.41, 5.74) is 2.74. The Balaban J connectivity index is 1.49. The maximum absolute atomic E-state index is 11.9. The third kappa shape index (κ3) is 3.58. The van der Waals surface area contributed by atoms with Gasteiger partial charge in [-0.05, 0) is 44.4 Å². The second-order valence-corrected chi connectivity index (χ2v) is 8.67. The summed E-state index contributed by atoms with van der Waals surface area (Å²) in [5, 5.41) is 10.4. The monoisotopic (exact) mass is 372 g/mol. The van der Waals surface area contributed by atoms with Crippen molar-refractivity contribution >= 4 is 17.2 Å². The number of hydrogen-bond donors (Lipinski definition) is 2. The molecule has 1 atom stereocenters. The molecule has 5 nitrogen and oxygen atoms in total. The maximum atomic E-state index is 11.9. The molecule has 3 heterocycles. The van der Waals surface area contributed by atoms with E-state index in [1.807, 2.05) is 12.3 Å². The van der Waals surface area contributed by atoms with Gasteiger partial charge in [0, 0.05) is 41.7 Å². The normalized spacial score (nSPS) is 22.0. The lowest BCUT2D eigenvalue weighted by Crippen LogP contribution is -2.23. The first-order chi connectivity index (χ1) is 12.8. The molecule has 4 rings (SSSR count). The Morgan fingerprint density at radius 3 is 2.92 bits per heavy atom. The molecule has 26 heavy (non-hydrogen) atoms. The number of likely N-dealkylation sites (tertiary alicyclic amines) is 1. The Labute approximate surface area is 159 Å². The van der Waals surface area contributed by atoms with Crippen LogP contribution in [0.5, 0.6) is 0 Å². The fourth-order valence-corrected chi connectivity index (χ4v) is 5.65. The van der Waals surface area contributed by atoms with Crippen molar-refractivity contribution < 1.29 is 4.79 Å². The number of rotatable bonds is 5. The quantitative estimate of drug-likeness (QED) is 0.826. The van der Waals surface area contributed by atoms with Gasteiger partial charge in [-0.1, -0.05) is 19.3 Å². The highest BCUT2D eigenvalue weighted by Crippen LogP contribution is 2.38. The van der Waals surface area contributed by atoms with E-state index in [9.17, 15) is 4.79 Å². The second kappa shape index (κ2) is 7.92. The molecular formula is C20H28N4OS. The van der Waals surface area contributed by atoms with E-state index in [4.69, 9.17) is 0 Å². The zero-order valence-electron chi connectivity index (χ0n) is 15.5. The van der Waals surface area contributed by atoms with Crippen LogP contribution in [0, 0.1) is 0 Å². The minimum Gasteiger partial charge on any atom is -0.354 e. The fourth-order valence-electron chi connectivity index (χ4n) is 4.53. The zero-order chi connectivity index (χ0) is 17.9. The van der Waals surface area contributed by atoms with Gasteiger partial charge in [0.15, 0.2) is 0 Å². The van der Waals surface area contributed by atoms with Gasteiger partial charge < -0.3 is 5.32 Å². The SMILES string of the molecule is CNC(=O)c1ccc([C@H]2CCCN2Cc2cn[nH]c2C2CCCCC2)s1. The van der Waals surface area contributed by atoms with E-state index in [-0.39, 0.29) is 5.91 Å². The molecule has 0 aromatic carbocycles. The third-order valence-corrected chi connectivity index (χ3v) is 7.09. The van der Waals surface area contributed by atoms with Crippen LogP contribution in [0.25, 0.3) is 0 Å². The van der Waals surface area contributed by atoms with E-state index in [0.29, 0.717) is 12.0 Å². The highest BCUT2D eigenvalue weighted by Gasteiger charge is 2.29. The van der Waals surface area contributed by atoms with Gasteiger partial charge in [-0.2, -0.15) is 5.10 Å². The van der Waals surface area contributed by atoms with E-state index < -0.39 is 0 Å². The highest BCUT2D eigenvalue weighted by atomic mass is 32.1. The van der Waals surface area contributed by atoms with Crippen LogP contribution < -0.4 is 5.32 Å². The summed E-state index contributed by atoms with van der Waals surface area (Å²) < 4.78 is 0. The minimum atomic E-state index is 0.0141. The molecule has 1 amide bonds. The van der Waals surface area contributed by atoms with Crippen molar-refractivity contribution in [3.8, 4) is 0 Å². The van der Waals surface area contributed by atoms with E-state index in [2.05, 4.69) is 26.5 Å². The van der Waals surface area contributed by atoms with Gasteiger partial charge in [-0.25, -0.2) is 0 Å². The number of amides is 1. The van der Waals surface area contributed by atoms with Crippen LogP contribution in [0.15, 0.2) is 18.3 Å². The van der Waals surface area contributed by atoms with E-state index in [0.717, 1.165) is 18.0 Å². The van der Waals surface area contributed by atoms with Crippen molar-refractivity contribution in [2.45, 2.75) is 63.5 Å². The molecule has 1 saturated carbocycles. The molecule has 2 fully saturated rings. The lowest BCUT2D eigenvalue weighted by molar-refractivity contribution is 0.0967. The standard InChI is InChI=1S/C20H28N4OS/c1-21-20(25)18-10-9-17(26-18)16-8-5-11-24(16)13-15-12-22-23-19(15)14-6-3-2-4-7-14/h9-10,12,14,16H,2-8,11,13H2,1H3,(H,21,25)(H,22,23)/t16-/m1/s1. The van der Waals surface area contributed by atoms with E-state index >= 15 is 0 Å². The lowest BCUT2D eigenvalue weighted by atomic mass is 9.85. The Morgan fingerprint density at radius 2 is 2.12 bits per heavy atom. The number of H-pyrrole nitrogens is 1. The van der Waals surface area contributed by atoms with E-state index in [1.165, 1.54) is 61.1 Å². The van der Waals surface area contributed by atoms with Crippen LogP contribution in [0.4, 0.5) is 0 Å². The summed E-state index contributed by atoms with van der Waals surface area (Å²) in [4.78, 5) is 16.6. The third-order valence-electron chi connectivity index (χ3n) is 5.91. The molecule has 1 aliphatic heterocycles. The van der Waals surface area contributed by atoms with Gasteiger partial charge in [0.05, 0.1) is 11.1 Å². The summed E-state index contributed by atoms with van der Waals surface area (Å²) in [7, 11) is 1.69. The number of nitrogens with one attached hydrogen (secondary N) is 2. The van der Waals surface area contributed by atoms with Crippen molar-refractivity contribution in [3.63, 3.8) is 0 Å². The number of aromatic amines is 1. The minimum absolute atomic E-state index is 0.0141. The molecule has 2 N–H and O–H groups in total. The summed E-state index contributed by atoms with van der Waals surface area (Å²) in [6.45, 7) is 2.08. The Bertz CT molecular complexity index is 747. The van der Waals surface area contributed by atoms with Crippen LogP contribution in [0.2, 0.25) is 0 Å². The van der Waals surface area contributed by atoms with Gasteiger partial charge in [0.2, 0.25) is 0 Å². The smallest absolute Gasteiger partial charge is 0.261 e. The molecule has 140 valence electrons. The predicted octanol–water partition coefficient (Wildman–Crippen LogP) is 4.22. The number of thiophene rings is 1. The van der Waals surface area contributed by atoms with Crippen LogP contribution in [-0.4, -0.2) is 34.6 Å². The largest absolute Gasteiger partial charge is 0.354 e. The first-order valence-electron chi connectivity index (χ1n) is 9.84. The summed E-state index contributed by atoms with van der Waals surface area (Å²) in [6.07, 6.45) is 11.1. The predicted molar refractivity (Wildman–Crippen MR) is 105 cm³/mol. The van der Waals surface area contributed by atoms with Crippen LogP contribution in [0.1, 0.15) is 82.7 Å². The molecule has 2 aliphatic rings. The van der Waals surface area contributed by atoms with Crippen molar-refractivity contribution in [2.24, 2.45) is 0 Å². The Hall–Kier alpha value is -1.66. The number of carbonyl (C=O) groups excluding carboxylic acids is 1. The Kier molecular flexibility index (Phi) is 5.41. The molecule has 0 radical (unpaired) electrons. The molecular weight excluding hydrogens is 344 g/mol. The molecule has 0 unspecified atom stereocenters. The fraction of sp³-hybridized carbons (Fsp3) is 0.600. The van der Waals surface area contributed by atoms with Gasteiger partial charge in [-0.3, -0.25) is 14.8 Å². The average molecular weight is 373 g/mol. The zero-order valence-corrected chi connectivity index (χ0v) is 16.3. The van der Waals surface area contributed by atoms with Gasteiger partial charge in [0.25, 0.3) is 5.91 Å². The summed E-state index contributed by atoms with van der Waals surface area (Å²) >= 11 is 1.63. The number of aromatic nitrogens is 2. The van der Waals surface area contributed by atoms with Crippen molar-refractivity contribution in [2.75, 3.05) is 13.6 Å². The second-order valence-electron chi connectivity index (χ2n) is 7.55. The highest BCUT2D eigenvalue weighted by molar-refractivity contribution is 7.14. The van der Waals surface area contributed by atoms with Crippen molar-refractivity contribution in [1.82, 2.24) is 20.4 Å². The molecule has 1 aliphatic carbocycles. The number of hydrogen-bond acceptors (Lipinski definition) is 4. The number of carbonyl (C=O) groups is 1. The maximum Gasteiger partial charge on any atom is 0.261 e. The molecule has 1 saturated heterocycles. The Morgan fingerprint density at radius 1 is 1.27 bits per heavy atom. The summed E-state index contributed by atoms with van der Waals surface area (Å²) in [5.74, 6) is 0.670. The van der Waals surface area contributed by atoms with Gasteiger partial charge in [-0.15, -0.1) is 11.3 Å². The molecule has 6 heteroatoms. The van der Waals surface area contributed by atoms with Crippen molar-refractivity contribution in [3.05, 3.63) is 39.3 Å². The van der Waals surface area contributed by atoms with E-state index in [1.54, 1.807) is 18.4 Å². The average Bonchev–Trinajstić information content (AvgIpc) is 3.42. The van der Waals surface area contributed by atoms with Crippen molar-refractivity contribution in [1.29, 1.82) is 0 Å². The van der Waals surface area contributed by atoms with Crippen LogP contribution in [0.3, 0.4) is 0 Å². The molecule has 2 aromatic rings. The summed E-state index contributed by atoms with van der Waals surface area (Å²) in [6, 6.07) is 4.52. The molecule has 0 bridgehead atoms. The first kappa shape index (κ1) is 17.7. The number of nitrogens with zero attached hydrogens (tertiary/aromatic N) is 2. The van der Waals surface area contributed by atoms with Gasteiger partial charge in [0.1, 0.15) is 0 Å². The lowest BCUT2D eigenvalue weighted by Gasteiger charge is -2.26. The van der Waals surface area contributed by atoms with Gasteiger partial charge >= 0.3 is 0 Å². The molecule has 0 spiro atoms. The topological polar surface area (TPSA) is 61.0 Å². The first-order valence-corrected chi connectivity index (χ1v) is 10.7. The van der Waals surface area contributed by atoms with Crippen LogP contribution in [-0.2, 0) is 6.54 Å².